The summed E-state index contributed by atoms with van der Waals surface area (Å²) < 4.78 is 64.0. The molecule has 0 aliphatic heterocycles. The van der Waals surface area contributed by atoms with Gasteiger partial charge in [-0.2, -0.15) is 4.31 Å². The first-order chi connectivity index (χ1) is 13.7. The molecule has 2 rings (SSSR count). The van der Waals surface area contributed by atoms with Crippen LogP contribution in [0.3, 0.4) is 0 Å². The number of anilines is 1. The number of sulfonamides is 1. The minimum atomic E-state index is -4.54. The van der Waals surface area contributed by atoms with E-state index in [1.165, 1.54) is 6.07 Å². The van der Waals surface area contributed by atoms with Gasteiger partial charge in [0.25, 0.3) is 0 Å². The smallest absolute Gasteiger partial charge is 0.249 e. The van der Waals surface area contributed by atoms with Gasteiger partial charge in [0.05, 0.1) is 19.8 Å². The number of halogens is 2. The van der Waals surface area contributed by atoms with Crippen molar-refractivity contribution in [3.05, 3.63) is 48.0 Å². The van der Waals surface area contributed by atoms with Crippen LogP contribution in [0.4, 0.5) is 14.5 Å². The molecule has 0 aliphatic carbocycles. The lowest BCUT2D eigenvalue weighted by Crippen LogP contribution is -2.35. The number of ether oxygens (including phenoxy) is 2. The summed E-state index contributed by atoms with van der Waals surface area (Å²) in [6, 6.07) is 7.43. The Morgan fingerprint density at radius 3 is 2.21 bits per heavy atom. The summed E-state index contributed by atoms with van der Waals surface area (Å²) in [6.07, 6.45) is 0. The normalized spacial score (nSPS) is 11.4. The zero-order chi connectivity index (χ0) is 21.6. The number of likely N-dealkylation sites (N-methyl/N-ethyl adjacent to an activating group) is 1. The topological polar surface area (TPSA) is 84.9 Å². The standard InChI is InChI=1S/C19H22F2N2O5S/c1-4-27-16-10-9-13(11-17(16)28-5-2)22-18(24)12-23(3)29(25,26)19-14(20)7-6-8-15(19)21/h6-11H,4-5,12H2,1-3H3,(H,22,24). The molecule has 1 N–H and O–H groups in total. The number of hydrogen-bond donors (Lipinski definition) is 1. The summed E-state index contributed by atoms with van der Waals surface area (Å²) in [5, 5.41) is 2.53. The molecule has 29 heavy (non-hydrogen) atoms. The van der Waals surface area contributed by atoms with E-state index in [0.717, 1.165) is 25.2 Å². The van der Waals surface area contributed by atoms with Crippen LogP contribution in [-0.2, 0) is 14.8 Å². The zero-order valence-electron chi connectivity index (χ0n) is 16.2. The van der Waals surface area contributed by atoms with Crippen LogP contribution in [0, 0.1) is 11.6 Å². The van der Waals surface area contributed by atoms with Crippen molar-refractivity contribution in [1.82, 2.24) is 4.31 Å². The van der Waals surface area contributed by atoms with Crippen molar-refractivity contribution in [2.24, 2.45) is 0 Å². The first-order valence-electron chi connectivity index (χ1n) is 8.80. The van der Waals surface area contributed by atoms with Crippen molar-refractivity contribution in [3.8, 4) is 11.5 Å². The van der Waals surface area contributed by atoms with Crippen LogP contribution in [0.1, 0.15) is 13.8 Å². The molecule has 1 amide bonds. The molecule has 0 bridgehead atoms. The lowest BCUT2D eigenvalue weighted by atomic mass is 10.2. The van der Waals surface area contributed by atoms with Crippen molar-refractivity contribution in [2.75, 3.05) is 32.1 Å². The molecule has 158 valence electrons. The Kier molecular flexibility index (Phi) is 7.52. The number of hydrogen-bond acceptors (Lipinski definition) is 5. The van der Waals surface area contributed by atoms with E-state index in [-0.39, 0.29) is 0 Å². The van der Waals surface area contributed by atoms with E-state index in [0.29, 0.717) is 34.7 Å². The van der Waals surface area contributed by atoms with Crippen LogP contribution in [0.2, 0.25) is 0 Å². The molecule has 0 aromatic heterocycles. The average Bonchev–Trinajstić information content (AvgIpc) is 2.63. The fourth-order valence-electron chi connectivity index (χ4n) is 2.50. The van der Waals surface area contributed by atoms with E-state index in [1.54, 1.807) is 19.1 Å². The van der Waals surface area contributed by atoms with Gasteiger partial charge >= 0.3 is 0 Å². The lowest BCUT2D eigenvalue weighted by Gasteiger charge is -2.18. The number of carbonyl (C=O) groups excluding carboxylic acids is 1. The molecule has 7 nitrogen and oxygen atoms in total. The van der Waals surface area contributed by atoms with Gasteiger partial charge in [0, 0.05) is 18.8 Å². The third-order valence-corrected chi connectivity index (χ3v) is 5.64. The summed E-state index contributed by atoms with van der Waals surface area (Å²) in [4.78, 5) is 11.2. The Morgan fingerprint density at radius 2 is 1.62 bits per heavy atom. The maximum absolute atomic E-state index is 13.8. The molecule has 0 radical (unpaired) electrons. The SMILES string of the molecule is CCOc1ccc(NC(=O)CN(C)S(=O)(=O)c2c(F)cccc2F)cc1OCC. The highest BCUT2D eigenvalue weighted by atomic mass is 32.2. The summed E-state index contributed by atoms with van der Waals surface area (Å²) in [6.45, 7) is 3.78. The molecule has 2 aromatic carbocycles. The molecule has 2 aromatic rings. The minimum Gasteiger partial charge on any atom is -0.490 e. The second-order valence-corrected chi connectivity index (χ2v) is 7.87. The summed E-state index contributed by atoms with van der Waals surface area (Å²) in [5.74, 6) is -2.24. The van der Waals surface area contributed by atoms with Gasteiger partial charge in [-0.1, -0.05) is 6.07 Å². The highest BCUT2D eigenvalue weighted by Gasteiger charge is 2.29. The third-order valence-electron chi connectivity index (χ3n) is 3.78. The number of nitrogens with one attached hydrogen (secondary N) is 1. The van der Waals surface area contributed by atoms with Gasteiger partial charge in [-0.15, -0.1) is 0 Å². The van der Waals surface area contributed by atoms with E-state index in [2.05, 4.69) is 5.32 Å². The monoisotopic (exact) mass is 428 g/mol. The van der Waals surface area contributed by atoms with Crippen molar-refractivity contribution in [1.29, 1.82) is 0 Å². The molecule has 0 atom stereocenters. The van der Waals surface area contributed by atoms with Gasteiger partial charge in [0.2, 0.25) is 15.9 Å². The van der Waals surface area contributed by atoms with Crippen LogP contribution in [0.15, 0.2) is 41.3 Å². The Balaban J connectivity index is 2.15. The molecular weight excluding hydrogens is 406 g/mol. The quantitative estimate of drug-likeness (QED) is 0.664. The molecule has 10 heteroatoms. The van der Waals surface area contributed by atoms with Crippen molar-refractivity contribution >= 4 is 21.6 Å². The second kappa shape index (κ2) is 9.66. The number of carbonyl (C=O) groups is 1. The molecule has 0 unspecified atom stereocenters. The van der Waals surface area contributed by atoms with E-state index >= 15 is 0 Å². The van der Waals surface area contributed by atoms with Gasteiger partial charge in [0.15, 0.2) is 16.4 Å². The number of rotatable bonds is 9. The minimum absolute atomic E-state index is 0.352. The first kappa shape index (κ1) is 22.6. The van der Waals surface area contributed by atoms with Crippen LogP contribution in [0.25, 0.3) is 0 Å². The van der Waals surface area contributed by atoms with Crippen molar-refractivity contribution in [2.45, 2.75) is 18.7 Å². The molecule has 0 fully saturated rings. The zero-order valence-corrected chi connectivity index (χ0v) is 17.1. The van der Waals surface area contributed by atoms with Crippen LogP contribution in [-0.4, -0.2) is 45.4 Å². The predicted molar refractivity (Wildman–Crippen MR) is 104 cm³/mol. The van der Waals surface area contributed by atoms with Crippen molar-refractivity contribution in [3.63, 3.8) is 0 Å². The Hall–Kier alpha value is -2.72. The maximum atomic E-state index is 13.8. The van der Waals surface area contributed by atoms with Gasteiger partial charge in [-0.3, -0.25) is 4.79 Å². The first-order valence-corrected chi connectivity index (χ1v) is 10.2. The Labute approximate surface area is 168 Å². The molecule has 0 spiro atoms. The molecular formula is C19H22F2N2O5S. The van der Waals surface area contributed by atoms with E-state index in [9.17, 15) is 22.0 Å². The largest absolute Gasteiger partial charge is 0.490 e. The summed E-state index contributed by atoms with van der Waals surface area (Å²) in [5.41, 5.74) is 0.352. The fourth-order valence-corrected chi connectivity index (χ4v) is 3.73. The van der Waals surface area contributed by atoms with Crippen LogP contribution >= 0.6 is 0 Å². The number of benzene rings is 2. The average molecular weight is 428 g/mol. The predicted octanol–water partition coefficient (Wildman–Crippen LogP) is 3.02. The van der Waals surface area contributed by atoms with Gasteiger partial charge in [0.1, 0.15) is 11.6 Å². The maximum Gasteiger partial charge on any atom is 0.249 e. The molecule has 0 saturated carbocycles. The molecule has 0 heterocycles. The highest BCUT2D eigenvalue weighted by Crippen LogP contribution is 2.30. The fraction of sp³-hybridized carbons (Fsp3) is 0.316. The summed E-state index contributed by atoms with van der Waals surface area (Å²) in [7, 11) is -3.48. The summed E-state index contributed by atoms with van der Waals surface area (Å²) >= 11 is 0. The van der Waals surface area contributed by atoms with Gasteiger partial charge in [-0.25, -0.2) is 17.2 Å². The number of nitrogens with zero attached hydrogens (tertiary/aromatic N) is 1. The third kappa shape index (κ3) is 5.42. The Bertz CT molecular complexity index is 962. The highest BCUT2D eigenvalue weighted by molar-refractivity contribution is 7.89. The second-order valence-electron chi connectivity index (χ2n) is 5.89. The lowest BCUT2D eigenvalue weighted by molar-refractivity contribution is -0.116. The van der Waals surface area contributed by atoms with Crippen LogP contribution in [0.5, 0.6) is 11.5 Å². The van der Waals surface area contributed by atoms with Gasteiger partial charge in [-0.05, 0) is 38.1 Å². The van der Waals surface area contributed by atoms with Crippen LogP contribution < -0.4 is 14.8 Å². The van der Waals surface area contributed by atoms with E-state index in [1.807, 2.05) is 6.92 Å². The van der Waals surface area contributed by atoms with Gasteiger partial charge < -0.3 is 14.8 Å². The van der Waals surface area contributed by atoms with E-state index < -0.39 is 39.0 Å². The number of amides is 1. The van der Waals surface area contributed by atoms with E-state index in [4.69, 9.17) is 9.47 Å². The molecule has 0 saturated heterocycles. The van der Waals surface area contributed by atoms with Crippen molar-refractivity contribution < 1.29 is 31.5 Å². The molecule has 0 aliphatic rings. The Morgan fingerprint density at radius 1 is 1.03 bits per heavy atom.